The van der Waals surface area contributed by atoms with Crippen LogP contribution in [0.3, 0.4) is 0 Å². The summed E-state index contributed by atoms with van der Waals surface area (Å²) in [6, 6.07) is 13.2. The fraction of sp³-hybridized carbons (Fsp3) is 0.391. The standard InChI is InChI=1S/C23H28ClN3O2/c1-4-17-5-7-18(8-6-17)22(28)25-20-15-19(24)9-10-21(20)26-11-13-27(14-12-26)23(29)16(2)3/h5-10,15-16H,4,11-14H2,1-3H3,(H,25,28). The van der Waals surface area contributed by atoms with Gasteiger partial charge < -0.3 is 15.1 Å². The van der Waals surface area contributed by atoms with E-state index in [-0.39, 0.29) is 17.7 Å². The number of halogens is 1. The van der Waals surface area contributed by atoms with Gasteiger partial charge in [0.25, 0.3) is 5.91 Å². The number of amides is 2. The highest BCUT2D eigenvalue weighted by Crippen LogP contribution is 2.30. The molecule has 2 amide bonds. The zero-order valence-corrected chi connectivity index (χ0v) is 18.0. The Morgan fingerprint density at radius 2 is 1.69 bits per heavy atom. The molecule has 0 radical (unpaired) electrons. The normalized spacial score (nSPS) is 14.2. The van der Waals surface area contributed by atoms with Gasteiger partial charge in [-0.25, -0.2) is 0 Å². The van der Waals surface area contributed by atoms with Crippen molar-refractivity contribution in [3.8, 4) is 0 Å². The Kier molecular flexibility index (Phi) is 6.80. The average molecular weight is 414 g/mol. The third-order valence-electron chi connectivity index (χ3n) is 5.26. The van der Waals surface area contributed by atoms with Crippen molar-refractivity contribution in [2.24, 2.45) is 5.92 Å². The van der Waals surface area contributed by atoms with Crippen molar-refractivity contribution >= 4 is 34.8 Å². The molecule has 0 atom stereocenters. The van der Waals surface area contributed by atoms with Gasteiger partial charge in [0, 0.05) is 42.7 Å². The number of hydrogen-bond donors (Lipinski definition) is 1. The number of nitrogens with zero attached hydrogens (tertiary/aromatic N) is 2. The molecule has 2 aromatic carbocycles. The fourth-order valence-electron chi connectivity index (χ4n) is 3.50. The van der Waals surface area contributed by atoms with Crippen LogP contribution in [-0.2, 0) is 11.2 Å². The lowest BCUT2D eigenvalue weighted by atomic mass is 10.1. The van der Waals surface area contributed by atoms with Crippen LogP contribution in [0.5, 0.6) is 0 Å². The van der Waals surface area contributed by atoms with E-state index < -0.39 is 0 Å². The summed E-state index contributed by atoms with van der Waals surface area (Å²) < 4.78 is 0. The van der Waals surface area contributed by atoms with Crippen molar-refractivity contribution in [1.29, 1.82) is 0 Å². The summed E-state index contributed by atoms with van der Waals surface area (Å²) in [7, 11) is 0. The number of benzene rings is 2. The molecule has 1 aliphatic rings. The van der Waals surface area contributed by atoms with Crippen LogP contribution in [0, 0.1) is 5.92 Å². The summed E-state index contributed by atoms with van der Waals surface area (Å²) in [6.45, 7) is 8.71. The smallest absolute Gasteiger partial charge is 0.255 e. The molecule has 2 aromatic rings. The monoisotopic (exact) mass is 413 g/mol. The summed E-state index contributed by atoms with van der Waals surface area (Å²) in [5.41, 5.74) is 3.41. The van der Waals surface area contributed by atoms with Crippen LogP contribution < -0.4 is 10.2 Å². The Morgan fingerprint density at radius 1 is 1.03 bits per heavy atom. The van der Waals surface area contributed by atoms with Crippen LogP contribution in [0.1, 0.15) is 36.7 Å². The molecular weight excluding hydrogens is 386 g/mol. The van der Waals surface area contributed by atoms with E-state index in [1.54, 1.807) is 6.07 Å². The lowest BCUT2D eigenvalue weighted by molar-refractivity contribution is -0.134. The molecule has 1 N–H and O–H groups in total. The van der Waals surface area contributed by atoms with Gasteiger partial charge in [0.1, 0.15) is 0 Å². The van der Waals surface area contributed by atoms with Crippen molar-refractivity contribution in [3.63, 3.8) is 0 Å². The molecule has 3 rings (SSSR count). The van der Waals surface area contributed by atoms with E-state index in [9.17, 15) is 9.59 Å². The van der Waals surface area contributed by atoms with Crippen molar-refractivity contribution in [2.75, 3.05) is 36.4 Å². The first-order valence-electron chi connectivity index (χ1n) is 10.1. The first kappa shape index (κ1) is 21.2. The van der Waals surface area contributed by atoms with Crippen molar-refractivity contribution in [1.82, 2.24) is 4.90 Å². The number of rotatable bonds is 5. The van der Waals surface area contributed by atoms with E-state index in [1.807, 2.05) is 55.1 Å². The third kappa shape index (κ3) is 5.10. The first-order valence-corrected chi connectivity index (χ1v) is 10.5. The van der Waals surface area contributed by atoms with Crippen LogP contribution in [0.25, 0.3) is 0 Å². The van der Waals surface area contributed by atoms with Gasteiger partial charge in [0.2, 0.25) is 5.91 Å². The molecule has 0 spiro atoms. The molecule has 154 valence electrons. The summed E-state index contributed by atoms with van der Waals surface area (Å²) in [5, 5.41) is 3.58. The van der Waals surface area contributed by atoms with Gasteiger partial charge in [-0.2, -0.15) is 0 Å². The molecule has 0 aliphatic carbocycles. The molecule has 29 heavy (non-hydrogen) atoms. The van der Waals surface area contributed by atoms with E-state index in [2.05, 4.69) is 17.1 Å². The van der Waals surface area contributed by atoms with Gasteiger partial charge in [0.05, 0.1) is 11.4 Å². The van der Waals surface area contributed by atoms with Crippen molar-refractivity contribution < 1.29 is 9.59 Å². The number of hydrogen-bond acceptors (Lipinski definition) is 3. The van der Waals surface area contributed by atoms with Crippen LogP contribution in [0.4, 0.5) is 11.4 Å². The zero-order chi connectivity index (χ0) is 21.0. The number of carbonyl (C=O) groups excluding carboxylic acids is 2. The Morgan fingerprint density at radius 3 is 2.28 bits per heavy atom. The van der Waals surface area contributed by atoms with E-state index >= 15 is 0 Å². The zero-order valence-electron chi connectivity index (χ0n) is 17.2. The Labute approximate surface area is 177 Å². The maximum absolute atomic E-state index is 12.8. The Bertz CT molecular complexity index is 872. The summed E-state index contributed by atoms with van der Waals surface area (Å²) in [5.74, 6) is 0.0284. The highest BCUT2D eigenvalue weighted by molar-refractivity contribution is 6.31. The maximum atomic E-state index is 12.8. The quantitative estimate of drug-likeness (QED) is 0.787. The van der Waals surface area contributed by atoms with Crippen molar-refractivity contribution in [2.45, 2.75) is 27.2 Å². The molecule has 0 bridgehead atoms. The average Bonchev–Trinajstić information content (AvgIpc) is 2.73. The molecule has 0 unspecified atom stereocenters. The highest BCUT2D eigenvalue weighted by atomic mass is 35.5. The number of piperazine rings is 1. The topological polar surface area (TPSA) is 52.7 Å². The van der Waals surface area contributed by atoms with Crippen LogP contribution >= 0.6 is 11.6 Å². The number of anilines is 2. The molecule has 0 aromatic heterocycles. The summed E-state index contributed by atoms with van der Waals surface area (Å²) >= 11 is 6.20. The molecule has 1 aliphatic heterocycles. The molecule has 6 heteroatoms. The Hall–Kier alpha value is -2.53. The van der Waals surface area contributed by atoms with E-state index in [0.717, 1.165) is 12.1 Å². The molecular formula is C23H28ClN3O2. The second kappa shape index (κ2) is 9.31. The van der Waals surface area contributed by atoms with E-state index in [0.29, 0.717) is 42.5 Å². The van der Waals surface area contributed by atoms with E-state index in [4.69, 9.17) is 11.6 Å². The number of aryl methyl sites for hydroxylation is 1. The summed E-state index contributed by atoms with van der Waals surface area (Å²) in [6.07, 6.45) is 0.936. The SMILES string of the molecule is CCc1ccc(C(=O)Nc2cc(Cl)ccc2N2CCN(C(=O)C(C)C)CC2)cc1. The van der Waals surface area contributed by atoms with E-state index in [1.165, 1.54) is 5.56 Å². The lowest BCUT2D eigenvalue weighted by Crippen LogP contribution is -2.50. The Balaban J connectivity index is 1.74. The predicted octanol–water partition coefficient (Wildman–Crippen LogP) is 4.46. The highest BCUT2D eigenvalue weighted by Gasteiger charge is 2.24. The molecule has 5 nitrogen and oxygen atoms in total. The third-order valence-corrected chi connectivity index (χ3v) is 5.49. The molecule has 1 saturated heterocycles. The minimum absolute atomic E-state index is 0.00558. The van der Waals surface area contributed by atoms with Gasteiger partial charge in [-0.15, -0.1) is 0 Å². The van der Waals surface area contributed by atoms with Crippen LogP contribution in [-0.4, -0.2) is 42.9 Å². The minimum atomic E-state index is -0.162. The minimum Gasteiger partial charge on any atom is -0.366 e. The van der Waals surface area contributed by atoms with Gasteiger partial charge in [-0.1, -0.05) is 44.5 Å². The van der Waals surface area contributed by atoms with Crippen LogP contribution in [0.2, 0.25) is 5.02 Å². The predicted molar refractivity (Wildman–Crippen MR) is 119 cm³/mol. The number of nitrogens with one attached hydrogen (secondary N) is 1. The fourth-order valence-corrected chi connectivity index (χ4v) is 3.68. The lowest BCUT2D eigenvalue weighted by Gasteiger charge is -2.37. The van der Waals surface area contributed by atoms with Gasteiger partial charge in [0.15, 0.2) is 0 Å². The van der Waals surface area contributed by atoms with Gasteiger partial charge in [-0.3, -0.25) is 9.59 Å². The maximum Gasteiger partial charge on any atom is 0.255 e. The summed E-state index contributed by atoms with van der Waals surface area (Å²) in [4.78, 5) is 29.1. The second-order valence-corrected chi connectivity index (χ2v) is 8.07. The second-order valence-electron chi connectivity index (χ2n) is 7.63. The van der Waals surface area contributed by atoms with Crippen molar-refractivity contribution in [3.05, 3.63) is 58.6 Å². The molecule has 0 saturated carbocycles. The van der Waals surface area contributed by atoms with Gasteiger partial charge in [-0.05, 0) is 42.3 Å². The van der Waals surface area contributed by atoms with Crippen LogP contribution in [0.15, 0.2) is 42.5 Å². The largest absolute Gasteiger partial charge is 0.366 e. The molecule has 1 heterocycles. The first-order chi connectivity index (χ1) is 13.9. The number of carbonyl (C=O) groups is 2. The van der Waals surface area contributed by atoms with Gasteiger partial charge >= 0.3 is 0 Å². The molecule has 1 fully saturated rings.